The summed E-state index contributed by atoms with van der Waals surface area (Å²) in [4.78, 5) is 30.0. The number of aromatic nitrogens is 4. The predicted octanol–water partition coefficient (Wildman–Crippen LogP) is 3.31. The van der Waals surface area contributed by atoms with Crippen LogP contribution in [0.1, 0.15) is 42.0 Å². The van der Waals surface area contributed by atoms with E-state index >= 15 is 0 Å². The Labute approximate surface area is 213 Å². The lowest BCUT2D eigenvalue weighted by atomic mass is 10.1. The van der Waals surface area contributed by atoms with Crippen molar-refractivity contribution in [3.8, 4) is 5.75 Å². The van der Waals surface area contributed by atoms with Crippen molar-refractivity contribution in [2.75, 3.05) is 19.7 Å². The standard InChI is InChI=1S/C25H28ClFN6O3/c1-16-13-33(17(2)12-32(16)14-18-3-6-20(27)7-4-18)25(35)15-36-23-9-5-19(26)11-21(23)22(34)8-10-24-28-30-31-29-24/h3-7,9,11,16-17H,8,10,12-15H2,1-2H3,(H,28,29,30,31). The Morgan fingerprint density at radius 3 is 2.64 bits per heavy atom. The number of aromatic amines is 1. The number of halogens is 2. The van der Waals surface area contributed by atoms with Gasteiger partial charge >= 0.3 is 0 Å². The quantitative estimate of drug-likeness (QED) is 0.437. The molecule has 4 rings (SSSR count). The molecule has 0 spiro atoms. The molecule has 2 unspecified atom stereocenters. The average Bonchev–Trinajstić information content (AvgIpc) is 3.38. The molecule has 1 aliphatic heterocycles. The van der Waals surface area contributed by atoms with Crippen LogP contribution in [-0.4, -0.2) is 73.9 Å². The Bertz CT molecular complexity index is 1190. The third-order valence-corrected chi connectivity index (χ3v) is 6.53. The van der Waals surface area contributed by atoms with Crippen molar-refractivity contribution in [2.45, 2.75) is 45.3 Å². The van der Waals surface area contributed by atoms with Crippen LogP contribution in [0, 0.1) is 5.82 Å². The first-order valence-electron chi connectivity index (χ1n) is 11.8. The van der Waals surface area contributed by atoms with Gasteiger partial charge in [0.15, 0.2) is 18.2 Å². The van der Waals surface area contributed by atoms with Crippen molar-refractivity contribution in [3.63, 3.8) is 0 Å². The van der Waals surface area contributed by atoms with Gasteiger partial charge in [0.2, 0.25) is 0 Å². The number of hydrogen-bond donors (Lipinski definition) is 1. The van der Waals surface area contributed by atoms with Gasteiger partial charge < -0.3 is 9.64 Å². The van der Waals surface area contributed by atoms with Crippen molar-refractivity contribution in [1.29, 1.82) is 0 Å². The van der Waals surface area contributed by atoms with Crippen molar-refractivity contribution >= 4 is 23.3 Å². The van der Waals surface area contributed by atoms with Gasteiger partial charge in [0, 0.05) is 49.6 Å². The van der Waals surface area contributed by atoms with E-state index in [4.69, 9.17) is 16.3 Å². The number of rotatable bonds is 9. The Kier molecular flexibility index (Phi) is 8.27. The monoisotopic (exact) mass is 514 g/mol. The number of H-pyrrole nitrogens is 1. The van der Waals surface area contributed by atoms with Gasteiger partial charge in [0.1, 0.15) is 11.6 Å². The van der Waals surface area contributed by atoms with Crippen molar-refractivity contribution < 1.29 is 18.7 Å². The third kappa shape index (κ3) is 6.44. The lowest BCUT2D eigenvalue weighted by molar-refractivity contribution is -0.139. The number of hydrogen-bond acceptors (Lipinski definition) is 7. The summed E-state index contributed by atoms with van der Waals surface area (Å²) in [5.74, 6) is 0.136. The van der Waals surface area contributed by atoms with Crippen LogP contribution in [0.5, 0.6) is 5.75 Å². The van der Waals surface area contributed by atoms with Crippen LogP contribution in [0.25, 0.3) is 0 Å². The number of amides is 1. The summed E-state index contributed by atoms with van der Waals surface area (Å²) in [6.07, 6.45) is 0.465. The molecule has 1 amide bonds. The fourth-order valence-electron chi connectivity index (χ4n) is 4.31. The number of ketones is 1. The maximum atomic E-state index is 13.2. The zero-order valence-corrected chi connectivity index (χ0v) is 20.9. The van der Waals surface area contributed by atoms with E-state index in [0.29, 0.717) is 48.2 Å². The summed E-state index contributed by atoms with van der Waals surface area (Å²) < 4.78 is 19.0. The number of carbonyl (C=O) groups excluding carboxylic acids is 2. The molecular weight excluding hydrogens is 487 g/mol. The van der Waals surface area contributed by atoms with Crippen molar-refractivity contribution in [1.82, 2.24) is 30.4 Å². The van der Waals surface area contributed by atoms with Crippen molar-refractivity contribution in [2.24, 2.45) is 0 Å². The molecule has 1 N–H and O–H groups in total. The molecule has 0 bridgehead atoms. The lowest BCUT2D eigenvalue weighted by Crippen LogP contribution is -2.58. The maximum Gasteiger partial charge on any atom is 0.260 e. The van der Waals surface area contributed by atoms with Crippen LogP contribution >= 0.6 is 11.6 Å². The number of tetrazole rings is 1. The second-order valence-electron chi connectivity index (χ2n) is 8.98. The minimum absolute atomic E-state index is 0.0287. The highest BCUT2D eigenvalue weighted by Gasteiger charge is 2.32. The molecule has 11 heteroatoms. The highest BCUT2D eigenvalue weighted by atomic mass is 35.5. The largest absolute Gasteiger partial charge is 0.483 e. The van der Waals surface area contributed by atoms with Gasteiger partial charge in [-0.15, -0.1) is 10.2 Å². The minimum Gasteiger partial charge on any atom is -0.483 e. The molecule has 0 saturated carbocycles. The van der Waals surface area contributed by atoms with E-state index in [9.17, 15) is 14.0 Å². The summed E-state index contributed by atoms with van der Waals surface area (Å²) in [7, 11) is 0. The first-order valence-corrected chi connectivity index (χ1v) is 12.1. The Hall–Kier alpha value is -3.37. The van der Waals surface area contributed by atoms with Crippen molar-refractivity contribution in [3.05, 3.63) is 70.3 Å². The summed E-state index contributed by atoms with van der Waals surface area (Å²) in [5, 5.41) is 13.9. The smallest absolute Gasteiger partial charge is 0.260 e. The van der Waals surface area contributed by atoms with E-state index in [0.717, 1.165) is 5.56 Å². The fraction of sp³-hybridized carbons (Fsp3) is 0.400. The third-order valence-electron chi connectivity index (χ3n) is 6.29. The van der Waals surface area contributed by atoms with Crippen LogP contribution in [0.2, 0.25) is 5.02 Å². The van der Waals surface area contributed by atoms with Gasteiger partial charge in [0.05, 0.1) is 5.56 Å². The highest BCUT2D eigenvalue weighted by molar-refractivity contribution is 6.31. The number of piperazine rings is 1. The topological polar surface area (TPSA) is 104 Å². The molecule has 1 saturated heterocycles. The summed E-state index contributed by atoms with van der Waals surface area (Å²) >= 11 is 6.11. The fourth-order valence-corrected chi connectivity index (χ4v) is 4.48. The van der Waals surface area contributed by atoms with Crippen LogP contribution < -0.4 is 4.74 Å². The number of carbonyl (C=O) groups is 2. The molecular formula is C25H28ClFN6O3. The molecule has 0 aliphatic carbocycles. The van der Waals surface area contributed by atoms with Crippen LogP contribution in [0.4, 0.5) is 4.39 Å². The molecule has 2 atom stereocenters. The van der Waals surface area contributed by atoms with Crippen LogP contribution in [-0.2, 0) is 17.8 Å². The van der Waals surface area contributed by atoms with E-state index in [-0.39, 0.29) is 42.6 Å². The number of ether oxygens (including phenoxy) is 1. The Morgan fingerprint density at radius 1 is 1.14 bits per heavy atom. The summed E-state index contributed by atoms with van der Waals surface area (Å²) in [5.41, 5.74) is 1.34. The maximum absolute atomic E-state index is 13.2. The number of Topliss-reactive ketones (excluding diaryl/α,β-unsaturated/α-hetero) is 1. The zero-order valence-electron chi connectivity index (χ0n) is 20.2. The molecule has 0 radical (unpaired) electrons. The van der Waals surface area contributed by atoms with E-state index in [2.05, 4.69) is 32.4 Å². The normalized spacial score (nSPS) is 18.3. The van der Waals surface area contributed by atoms with Gasteiger partial charge in [-0.2, -0.15) is 5.21 Å². The number of aryl methyl sites for hydroxylation is 1. The predicted molar refractivity (Wildman–Crippen MR) is 131 cm³/mol. The van der Waals surface area contributed by atoms with E-state index in [1.165, 1.54) is 12.1 Å². The van der Waals surface area contributed by atoms with Crippen LogP contribution in [0.3, 0.4) is 0 Å². The van der Waals surface area contributed by atoms with Gasteiger partial charge in [-0.25, -0.2) is 4.39 Å². The molecule has 3 aromatic rings. The molecule has 36 heavy (non-hydrogen) atoms. The van der Waals surface area contributed by atoms with E-state index in [1.807, 2.05) is 6.92 Å². The van der Waals surface area contributed by atoms with Gasteiger partial charge in [-0.05, 0) is 49.7 Å². The second kappa shape index (κ2) is 11.6. The molecule has 1 fully saturated rings. The molecule has 190 valence electrons. The molecule has 1 aliphatic rings. The average molecular weight is 515 g/mol. The number of benzene rings is 2. The minimum atomic E-state index is -0.256. The number of nitrogens with zero attached hydrogens (tertiary/aromatic N) is 5. The Balaban J connectivity index is 1.35. The first-order chi connectivity index (χ1) is 17.3. The SMILES string of the molecule is CC1CN(C(=O)COc2ccc(Cl)cc2C(=O)CCc2nn[nH]n2)C(C)CN1Cc1ccc(F)cc1. The highest BCUT2D eigenvalue weighted by Crippen LogP contribution is 2.25. The summed E-state index contributed by atoms with van der Waals surface area (Å²) in [6.45, 7) is 5.78. The summed E-state index contributed by atoms with van der Waals surface area (Å²) in [6, 6.07) is 11.3. The van der Waals surface area contributed by atoms with Gasteiger partial charge in [-0.1, -0.05) is 28.9 Å². The molecule has 2 heterocycles. The Morgan fingerprint density at radius 2 is 1.92 bits per heavy atom. The van der Waals surface area contributed by atoms with E-state index < -0.39 is 0 Å². The van der Waals surface area contributed by atoms with Gasteiger partial charge in [-0.3, -0.25) is 14.5 Å². The molecule has 9 nitrogen and oxygen atoms in total. The number of nitrogens with one attached hydrogen (secondary N) is 1. The van der Waals surface area contributed by atoms with E-state index in [1.54, 1.807) is 35.2 Å². The lowest BCUT2D eigenvalue weighted by Gasteiger charge is -2.44. The van der Waals surface area contributed by atoms with Crippen LogP contribution in [0.15, 0.2) is 42.5 Å². The second-order valence-corrected chi connectivity index (χ2v) is 9.42. The molecule has 2 aromatic carbocycles. The molecule has 1 aromatic heterocycles. The first kappa shape index (κ1) is 25.7. The zero-order chi connectivity index (χ0) is 25.7. The van der Waals surface area contributed by atoms with Gasteiger partial charge in [0.25, 0.3) is 5.91 Å².